The Balaban J connectivity index is 1.85. The maximum Gasteiger partial charge on any atom is 0.225 e. The van der Waals surface area contributed by atoms with E-state index in [1.807, 2.05) is 18.7 Å². The minimum absolute atomic E-state index is 0.0597. The number of thiazole rings is 1. The van der Waals surface area contributed by atoms with Gasteiger partial charge in [0.1, 0.15) is 0 Å². The molecule has 1 unspecified atom stereocenters. The predicted octanol–water partition coefficient (Wildman–Crippen LogP) is 2.62. The number of likely N-dealkylation sites (tertiary alicyclic amines) is 1. The number of aliphatic imine (C=N–C) groups is 1. The molecule has 26 heavy (non-hydrogen) atoms. The minimum Gasteiger partial charge on any atom is -0.357 e. The average Bonchev–Trinajstić information content (AvgIpc) is 3.23. The van der Waals surface area contributed by atoms with Crippen molar-refractivity contribution < 1.29 is 4.79 Å². The molecule has 0 bridgehead atoms. The van der Waals surface area contributed by atoms with Crippen LogP contribution >= 0.6 is 11.3 Å². The lowest BCUT2D eigenvalue weighted by atomic mass is 10.2. The van der Waals surface area contributed by atoms with Gasteiger partial charge in [-0.05, 0) is 13.3 Å². The summed E-state index contributed by atoms with van der Waals surface area (Å²) in [6.07, 6.45) is 1.81. The van der Waals surface area contributed by atoms with E-state index >= 15 is 0 Å². The van der Waals surface area contributed by atoms with Crippen molar-refractivity contribution in [1.82, 2.24) is 20.5 Å². The van der Waals surface area contributed by atoms with Crippen molar-refractivity contribution >= 4 is 23.2 Å². The first-order chi connectivity index (χ1) is 12.4. The van der Waals surface area contributed by atoms with Gasteiger partial charge in [-0.1, -0.05) is 27.7 Å². The van der Waals surface area contributed by atoms with Gasteiger partial charge in [0.2, 0.25) is 5.91 Å². The lowest BCUT2D eigenvalue weighted by Crippen LogP contribution is -2.45. The molecule has 2 N–H and O–H groups in total. The van der Waals surface area contributed by atoms with E-state index in [2.05, 4.69) is 46.8 Å². The van der Waals surface area contributed by atoms with E-state index in [9.17, 15) is 4.79 Å². The summed E-state index contributed by atoms with van der Waals surface area (Å²) in [6, 6.07) is 0.266. The van der Waals surface area contributed by atoms with Crippen molar-refractivity contribution in [1.29, 1.82) is 0 Å². The van der Waals surface area contributed by atoms with Crippen LogP contribution in [0.2, 0.25) is 0 Å². The van der Waals surface area contributed by atoms with Crippen LogP contribution in [0.5, 0.6) is 0 Å². The molecule has 2 heterocycles. The molecule has 0 aromatic carbocycles. The zero-order valence-electron chi connectivity index (χ0n) is 16.7. The van der Waals surface area contributed by atoms with Crippen molar-refractivity contribution in [3.8, 4) is 0 Å². The zero-order chi connectivity index (χ0) is 19.1. The Labute approximate surface area is 161 Å². The molecule has 1 aromatic rings. The third kappa shape index (κ3) is 5.97. The van der Waals surface area contributed by atoms with E-state index < -0.39 is 0 Å². The summed E-state index contributed by atoms with van der Waals surface area (Å²) in [6.45, 7) is 13.4. The van der Waals surface area contributed by atoms with Crippen LogP contribution in [0.1, 0.15) is 57.7 Å². The quantitative estimate of drug-likeness (QED) is 0.564. The molecule has 7 heteroatoms. The van der Waals surface area contributed by atoms with Crippen LogP contribution in [-0.2, 0) is 11.2 Å². The maximum atomic E-state index is 12.1. The Morgan fingerprint density at radius 1 is 1.42 bits per heavy atom. The highest BCUT2D eigenvalue weighted by molar-refractivity contribution is 7.09. The number of aromatic nitrogens is 1. The number of hydrogen-bond acceptors (Lipinski definition) is 4. The monoisotopic (exact) mass is 379 g/mol. The molecule has 2 rings (SSSR count). The van der Waals surface area contributed by atoms with Gasteiger partial charge in [-0.15, -0.1) is 11.3 Å². The highest BCUT2D eigenvalue weighted by Gasteiger charge is 2.27. The predicted molar refractivity (Wildman–Crippen MR) is 109 cm³/mol. The van der Waals surface area contributed by atoms with Gasteiger partial charge in [0.05, 0.1) is 10.7 Å². The average molecular weight is 380 g/mol. The molecule has 0 spiro atoms. The summed E-state index contributed by atoms with van der Waals surface area (Å²) >= 11 is 1.73. The summed E-state index contributed by atoms with van der Waals surface area (Å²) in [5.41, 5.74) is 1.12. The van der Waals surface area contributed by atoms with Crippen LogP contribution in [-0.4, -0.2) is 54.0 Å². The summed E-state index contributed by atoms with van der Waals surface area (Å²) in [7, 11) is 0. The zero-order valence-corrected chi connectivity index (χ0v) is 17.5. The van der Waals surface area contributed by atoms with Crippen LogP contribution in [0, 0.1) is 5.92 Å². The maximum absolute atomic E-state index is 12.1. The fourth-order valence-corrected chi connectivity index (χ4v) is 3.81. The molecule has 1 atom stereocenters. The van der Waals surface area contributed by atoms with Crippen LogP contribution in [0.25, 0.3) is 0 Å². The lowest BCUT2D eigenvalue weighted by Gasteiger charge is -2.20. The Kier molecular flexibility index (Phi) is 7.87. The molecule has 0 radical (unpaired) electrons. The van der Waals surface area contributed by atoms with Crippen molar-refractivity contribution in [2.45, 2.75) is 59.4 Å². The molecule has 146 valence electrons. The fraction of sp³-hybridized carbons (Fsp3) is 0.737. The van der Waals surface area contributed by atoms with Crippen LogP contribution in [0.3, 0.4) is 0 Å². The Morgan fingerprint density at radius 3 is 2.81 bits per heavy atom. The van der Waals surface area contributed by atoms with E-state index in [0.717, 1.165) is 44.1 Å². The van der Waals surface area contributed by atoms with Gasteiger partial charge in [-0.3, -0.25) is 9.79 Å². The van der Waals surface area contributed by atoms with Gasteiger partial charge >= 0.3 is 0 Å². The van der Waals surface area contributed by atoms with E-state index in [-0.39, 0.29) is 17.9 Å². The summed E-state index contributed by atoms with van der Waals surface area (Å²) < 4.78 is 0. The number of nitrogens with zero attached hydrogens (tertiary/aromatic N) is 3. The molecule has 1 aliphatic heterocycles. The normalized spacial score (nSPS) is 18.0. The van der Waals surface area contributed by atoms with E-state index in [1.54, 1.807) is 11.3 Å². The lowest BCUT2D eigenvalue weighted by molar-refractivity contribution is -0.133. The highest BCUT2D eigenvalue weighted by Crippen LogP contribution is 2.19. The molecule has 1 amide bonds. The number of amides is 1. The third-order valence-electron chi connectivity index (χ3n) is 4.38. The Hall–Kier alpha value is -1.63. The van der Waals surface area contributed by atoms with Gasteiger partial charge in [0, 0.05) is 55.9 Å². The number of carbonyl (C=O) groups is 1. The van der Waals surface area contributed by atoms with Crippen molar-refractivity contribution in [2.75, 3.05) is 26.2 Å². The summed E-state index contributed by atoms with van der Waals surface area (Å²) in [5.74, 6) is 1.61. The van der Waals surface area contributed by atoms with E-state index in [1.165, 1.54) is 5.01 Å². The molecule has 1 fully saturated rings. The van der Waals surface area contributed by atoms with Crippen molar-refractivity contribution in [2.24, 2.45) is 10.9 Å². The van der Waals surface area contributed by atoms with Gasteiger partial charge in [-0.25, -0.2) is 4.98 Å². The first-order valence-corrected chi connectivity index (χ1v) is 10.6. The Morgan fingerprint density at radius 2 is 2.19 bits per heavy atom. The molecule has 0 saturated carbocycles. The third-order valence-corrected chi connectivity index (χ3v) is 5.57. The standard InChI is InChI=1S/C19H33N5OS/c1-6-20-19(21-9-7-16-12-26-17(22-16)13(2)3)23-15-8-10-24(11-15)18(25)14(4)5/h12-15H,6-11H2,1-5H3,(H2,20,21,23). The van der Waals surface area contributed by atoms with Gasteiger partial charge in [-0.2, -0.15) is 0 Å². The van der Waals surface area contributed by atoms with Gasteiger partial charge in [0.25, 0.3) is 0 Å². The van der Waals surface area contributed by atoms with Crippen LogP contribution < -0.4 is 10.6 Å². The summed E-state index contributed by atoms with van der Waals surface area (Å²) in [5, 5.41) is 10.1. The second kappa shape index (κ2) is 9.90. The second-order valence-electron chi connectivity index (χ2n) is 7.41. The molecule has 1 aliphatic rings. The number of guanidine groups is 1. The molecular weight excluding hydrogens is 346 g/mol. The molecule has 1 saturated heterocycles. The minimum atomic E-state index is 0.0597. The first-order valence-electron chi connectivity index (χ1n) is 9.68. The SMILES string of the molecule is CCNC(=NCCc1csc(C(C)C)n1)NC1CCN(C(=O)C(C)C)C1. The molecule has 1 aromatic heterocycles. The smallest absolute Gasteiger partial charge is 0.225 e. The van der Waals surface area contributed by atoms with E-state index in [4.69, 9.17) is 0 Å². The second-order valence-corrected chi connectivity index (χ2v) is 8.30. The van der Waals surface area contributed by atoms with Crippen molar-refractivity contribution in [3.05, 3.63) is 16.1 Å². The fourth-order valence-electron chi connectivity index (χ4n) is 2.94. The first kappa shape index (κ1) is 20.7. The molecular formula is C19H33N5OS. The van der Waals surface area contributed by atoms with Crippen LogP contribution in [0.15, 0.2) is 10.4 Å². The number of nitrogens with one attached hydrogen (secondary N) is 2. The molecule has 6 nitrogen and oxygen atoms in total. The number of carbonyl (C=O) groups excluding carboxylic acids is 1. The molecule has 0 aliphatic carbocycles. The van der Waals surface area contributed by atoms with Crippen LogP contribution in [0.4, 0.5) is 0 Å². The number of hydrogen-bond donors (Lipinski definition) is 2. The highest BCUT2D eigenvalue weighted by atomic mass is 32.1. The van der Waals surface area contributed by atoms with Crippen molar-refractivity contribution in [3.63, 3.8) is 0 Å². The largest absolute Gasteiger partial charge is 0.357 e. The topological polar surface area (TPSA) is 69.6 Å². The summed E-state index contributed by atoms with van der Waals surface area (Å²) in [4.78, 5) is 23.4. The number of rotatable bonds is 7. The van der Waals surface area contributed by atoms with Gasteiger partial charge < -0.3 is 15.5 Å². The van der Waals surface area contributed by atoms with Gasteiger partial charge in [0.15, 0.2) is 5.96 Å². The Bertz CT molecular complexity index is 611. The van der Waals surface area contributed by atoms with E-state index in [0.29, 0.717) is 12.5 Å².